The second-order valence-electron chi connectivity index (χ2n) is 10.1. The predicted octanol–water partition coefficient (Wildman–Crippen LogP) is 6.13. The molecule has 5 rings (SSSR count). The molecule has 0 radical (unpaired) electrons. The summed E-state index contributed by atoms with van der Waals surface area (Å²) < 4.78 is 19.8. The van der Waals surface area contributed by atoms with Crippen molar-refractivity contribution in [3.63, 3.8) is 0 Å². The highest BCUT2D eigenvalue weighted by molar-refractivity contribution is 9.10. The molecule has 1 aliphatic heterocycles. The van der Waals surface area contributed by atoms with Crippen molar-refractivity contribution in [3.8, 4) is 28.5 Å². The van der Waals surface area contributed by atoms with Gasteiger partial charge in [-0.05, 0) is 33.3 Å². The number of methoxy groups -OCH3 is 2. The number of carbonyl (C=O) groups is 2. The van der Waals surface area contributed by atoms with E-state index in [1.54, 1.807) is 0 Å². The van der Waals surface area contributed by atoms with Gasteiger partial charge in [-0.2, -0.15) is 5.10 Å². The number of ether oxygens (including phenoxy) is 3. The molecule has 3 aromatic rings. The molecule has 0 saturated heterocycles. The third kappa shape index (κ3) is 3.27. The van der Waals surface area contributed by atoms with Crippen molar-refractivity contribution in [1.29, 1.82) is 0 Å². The molecule has 1 aliphatic carbocycles. The number of aromatic nitrogens is 2. The molecule has 0 amide bonds. The van der Waals surface area contributed by atoms with Gasteiger partial charge in [0.05, 0.1) is 36.7 Å². The van der Waals surface area contributed by atoms with Gasteiger partial charge in [-0.15, -0.1) is 0 Å². The van der Waals surface area contributed by atoms with E-state index in [4.69, 9.17) is 30.9 Å². The van der Waals surface area contributed by atoms with Crippen LogP contribution < -0.4 is 14.2 Å². The van der Waals surface area contributed by atoms with Crippen LogP contribution in [0, 0.1) is 5.92 Å². The number of carbonyl (C=O) groups excluding carboxylic acids is 2. The molecule has 188 valence electrons. The fourth-order valence-electron chi connectivity index (χ4n) is 5.15. The molecule has 9 heteroatoms. The van der Waals surface area contributed by atoms with Crippen molar-refractivity contribution in [3.05, 3.63) is 56.6 Å². The summed E-state index contributed by atoms with van der Waals surface area (Å²) in [6, 6.07) is 9.19. The summed E-state index contributed by atoms with van der Waals surface area (Å²) in [7, 11) is 2.91. The molecular formula is C27H26BrClN2O5. The molecule has 1 spiro atoms. The zero-order chi connectivity index (χ0) is 26.2. The Labute approximate surface area is 222 Å². The molecule has 1 aromatic heterocycles. The maximum Gasteiger partial charge on any atom is 0.237 e. The van der Waals surface area contributed by atoms with E-state index >= 15 is 0 Å². The van der Waals surface area contributed by atoms with Crippen molar-refractivity contribution in [2.75, 3.05) is 14.2 Å². The van der Waals surface area contributed by atoms with Crippen LogP contribution in [-0.4, -0.2) is 41.2 Å². The van der Waals surface area contributed by atoms with E-state index in [0.29, 0.717) is 29.1 Å². The first-order chi connectivity index (χ1) is 17.0. The van der Waals surface area contributed by atoms with E-state index in [1.807, 2.05) is 56.6 Å². The van der Waals surface area contributed by atoms with Crippen LogP contribution in [0.5, 0.6) is 17.2 Å². The first kappa shape index (κ1) is 24.8. The second-order valence-corrected chi connectivity index (χ2v) is 11.4. The van der Waals surface area contributed by atoms with Gasteiger partial charge in [-0.25, -0.2) is 0 Å². The van der Waals surface area contributed by atoms with Crippen LogP contribution in [0.4, 0.5) is 0 Å². The van der Waals surface area contributed by atoms with Crippen molar-refractivity contribution in [2.24, 2.45) is 5.92 Å². The quantitative estimate of drug-likeness (QED) is 0.351. The van der Waals surface area contributed by atoms with Gasteiger partial charge in [0.1, 0.15) is 22.1 Å². The molecule has 2 aromatic carbocycles. The van der Waals surface area contributed by atoms with E-state index in [0.717, 1.165) is 10.0 Å². The monoisotopic (exact) mass is 572 g/mol. The fraction of sp³-hybridized carbons (Fsp3) is 0.370. The topological polar surface area (TPSA) is 79.7 Å². The molecule has 0 fully saturated rings. The summed E-state index contributed by atoms with van der Waals surface area (Å²) in [6.07, 6.45) is 0.373. The Morgan fingerprint density at radius 3 is 2.36 bits per heavy atom. The minimum Gasteiger partial charge on any atom is -0.496 e. The fourth-order valence-corrected chi connectivity index (χ4v) is 5.89. The molecule has 2 aliphatic rings. The average molecular weight is 574 g/mol. The molecule has 0 saturated carbocycles. The van der Waals surface area contributed by atoms with Gasteiger partial charge < -0.3 is 14.2 Å². The number of hydrogen-bond acceptors (Lipinski definition) is 6. The van der Waals surface area contributed by atoms with Gasteiger partial charge in [-0.3, -0.25) is 14.3 Å². The average Bonchev–Trinajstić information content (AvgIpc) is 3.36. The van der Waals surface area contributed by atoms with Crippen LogP contribution in [0.1, 0.15) is 54.1 Å². The Morgan fingerprint density at radius 2 is 1.75 bits per heavy atom. The van der Waals surface area contributed by atoms with Crippen molar-refractivity contribution < 1.29 is 23.8 Å². The third-order valence-corrected chi connectivity index (χ3v) is 7.95. The summed E-state index contributed by atoms with van der Waals surface area (Å²) in [5.74, 6) is -0.760. The summed E-state index contributed by atoms with van der Waals surface area (Å²) in [5.41, 5.74) is 0.406. The maximum absolute atomic E-state index is 14.5. The van der Waals surface area contributed by atoms with Crippen LogP contribution in [0.3, 0.4) is 0 Å². The van der Waals surface area contributed by atoms with Gasteiger partial charge in [0, 0.05) is 22.0 Å². The highest BCUT2D eigenvalue weighted by Gasteiger charge is 2.63. The number of benzene rings is 2. The predicted molar refractivity (Wildman–Crippen MR) is 140 cm³/mol. The van der Waals surface area contributed by atoms with Crippen LogP contribution >= 0.6 is 27.5 Å². The lowest BCUT2D eigenvalue weighted by molar-refractivity contribution is 0.0259. The van der Waals surface area contributed by atoms with Gasteiger partial charge in [0.25, 0.3) is 0 Å². The van der Waals surface area contributed by atoms with Crippen LogP contribution in [-0.2, 0) is 12.0 Å². The number of rotatable bonds is 3. The number of fused-ring (bicyclic) bond motifs is 2. The van der Waals surface area contributed by atoms with Crippen molar-refractivity contribution in [1.82, 2.24) is 9.78 Å². The summed E-state index contributed by atoms with van der Waals surface area (Å²) >= 11 is 10.2. The zero-order valence-electron chi connectivity index (χ0n) is 20.9. The maximum atomic E-state index is 14.5. The summed E-state index contributed by atoms with van der Waals surface area (Å²) in [6.45, 7) is 7.91. The van der Waals surface area contributed by atoms with Crippen molar-refractivity contribution in [2.45, 2.75) is 45.3 Å². The molecule has 2 atom stereocenters. The Hall–Kier alpha value is -2.84. The van der Waals surface area contributed by atoms with E-state index in [1.165, 1.54) is 20.3 Å². The first-order valence-electron chi connectivity index (χ1n) is 11.6. The molecule has 0 unspecified atom stereocenters. The SMILES string of the molecule is COc1cc(OC)c2c(c1Cl)O[C@]1(C2=O)C(=O)c2c(nn(C(C)(C)C)c2-c2ccccc2Br)C[C@H]1C. The first-order valence-corrected chi connectivity index (χ1v) is 12.7. The third-order valence-electron chi connectivity index (χ3n) is 6.90. The number of Topliss-reactive ketones (excluding diaryl/α,β-unsaturated/α-hetero) is 2. The van der Waals surface area contributed by atoms with Crippen molar-refractivity contribution >= 4 is 39.1 Å². The second kappa shape index (κ2) is 8.35. The lowest BCUT2D eigenvalue weighted by atomic mass is 9.70. The largest absolute Gasteiger partial charge is 0.496 e. The van der Waals surface area contributed by atoms with E-state index in [-0.39, 0.29) is 22.1 Å². The number of hydrogen-bond donors (Lipinski definition) is 0. The Kier molecular flexibility index (Phi) is 5.76. The van der Waals surface area contributed by atoms with Gasteiger partial charge in [0.15, 0.2) is 5.75 Å². The highest BCUT2D eigenvalue weighted by Crippen LogP contribution is 2.54. The molecule has 0 bridgehead atoms. The number of halogens is 2. The minimum atomic E-state index is -1.79. The lowest BCUT2D eigenvalue weighted by Gasteiger charge is -2.35. The molecule has 7 nitrogen and oxygen atoms in total. The minimum absolute atomic E-state index is 0.104. The Balaban J connectivity index is 1.78. The Morgan fingerprint density at radius 1 is 1.11 bits per heavy atom. The molecule has 0 N–H and O–H groups in total. The zero-order valence-corrected chi connectivity index (χ0v) is 23.2. The lowest BCUT2D eigenvalue weighted by Crippen LogP contribution is -2.56. The molecule has 36 heavy (non-hydrogen) atoms. The van der Waals surface area contributed by atoms with Gasteiger partial charge >= 0.3 is 0 Å². The smallest absolute Gasteiger partial charge is 0.237 e. The van der Waals surface area contributed by atoms with E-state index in [9.17, 15) is 9.59 Å². The number of nitrogens with zero attached hydrogens (tertiary/aromatic N) is 2. The van der Waals surface area contributed by atoms with E-state index < -0.39 is 28.6 Å². The normalized spacial score (nSPS) is 20.8. The van der Waals surface area contributed by atoms with Crippen LogP contribution in [0.15, 0.2) is 34.8 Å². The number of ketones is 2. The van der Waals surface area contributed by atoms with Crippen LogP contribution in [0.2, 0.25) is 5.02 Å². The standard InChI is InChI=1S/C27H26BrClN2O5/c1-13-11-16-19(22(31(30-16)26(2,3)4)14-9-7-8-10-15(14)28)24(32)27(13)25(33)20-17(34-5)12-18(35-6)21(29)23(20)36-27/h7-10,12-13H,11H2,1-6H3/t13-,27+/m1/s1. The van der Waals surface area contributed by atoms with Gasteiger partial charge in [-0.1, -0.05) is 52.7 Å². The summed E-state index contributed by atoms with van der Waals surface area (Å²) in [5, 5.41) is 5.01. The van der Waals surface area contributed by atoms with Crippen LogP contribution in [0.25, 0.3) is 11.3 Å². The molecule has 2 heterocycles. The Bertz CT molecular complexity index is 1440. The van der Waals surface area contributed by atoms with Gasteiger partial charge in [0.2, 0.25) is 17.2 Å². The van der Waals surface area contributed by atoms with E-state index in [2.05, 4.69) is 15.9 Å². The highest BCUT2D eigenvalue weighted by atomic mass is 79.9. The molecular weight excluding hydrogens is 548 g/mol. The summed E-state index contributed by atoms with van der Waals surface area (Å²) in [4.78, 5) is 28.6.